The Bertz CT molecular complexity index is 499. The second-order valence-electron chi connectivity index (χ2n) is 4.50. The normalized spacial score (nSPS) is 10.2. The average molecular weight is 295 g/mol. The molecule has 1 rings (SSSR count). The summed E-state index contributed by atoms with van der Waals surface area (Å²) in [6.45, 7) is 4.69. The van der Waals surface area contributed by atoms with E-state index in [4.69, 9.17) is 5.11 Å². The van der Waals surface area contributed by atoms with E-state index in [1.54, 1.807) is 12.1 Å². The van der Waals surface area contributed by atoms with Crippen LogP contribution in [0.2, 0.25) is 0 Å². The lowest BCUT2D eigenvalue weighted by molar-refractivity contribution is -0.384. The second-order valence-corrected chi connectivity index (χ2v) is 4.50. The lowest BCUT2D eigenvalue weighted by atomic mass is 10.1. The lowest BCUT2D eigenvalue weighted by Gasteiger charge is -2.21. The molecule has 116 valence electrons. The summed E-state index contributed by atoms with van der Waals surface area (Å²) in [7, 11) is 0. The van der Waals surface area contributed by atoms with Gasteiger partial charge in [0.25, 0.3) is 5.91 Å². The second kappa shape index (κ2) is 8.21. The molecule has 0 saturated heterocycles. The molecule has 0 unspecified atom stereocenters. The predicted molar refractivity (Wildman–Crippen MR) is 80.5 cm³/mol. The van der Waals surface area contributed by atoms with Gasteiger partial charge in [-0.25, -0.2) is 0 Å². The van der Waals surface area contributed by atoms with E-state index in [0.717, 1.165) is 0 Å². The number of nitro benzene ring substituents is 1. The zero-order valence-electron chi connectivity index (χ0n) is 12.3. The number of hydrogen-bond acceptors (Lipinski definition) is 5. The standard InChI is InChI=1S/C14H21N3O4/c1-3-8-16(9-10-18)14(19)11-6-5-7-12(15-4-2)13(11)17(20)21/h5-7,15,18H,3-4,8-10H2,1-2H3. The van der Waals surface area contributed by atoms with Crippen molar-refractivity contribution in [3.63, 3.8) is 0 Å². The maximum absolute atomic E-state index is 12.5. The fourth-order valence-corrected chi connectivity index (χ4v) is 2.12. The van der Waals surface area contributed by atoms with Gasteiger partial charge in [0.05, 0.1) is 11.5 Å². The monoisotopic (exact) mass is 295 g/mol. The highest BCUT2D eigenvalue weighted by molar-refractivity contribution is 6.00. The van der Waals surface area contributed by atoms with Crippen molar-refractivity contribution in [2.45, 2.75) is 20.3 Å². The zero-order valence-corrected chi connectivity index (χ0v) is 12.3. The summed E-state index contributed by atoms with van der Waals surface area (Å²) in [5, 5.41) is 23.2. The number of nitro groups is 1. The molecule has 0 heterocycles. The average Bonchev–Trinajstić information content (AvgIpc) is 2.46. The Labute approximate surface area is 123 Å². The van der Waals surface area contributed by atoms with E-state index in [1.165, 1.54) is 11.0 Å². The van der Waals surface area contributed by atoms with Crippen molar-refractivity contribution in [1.82, 2.24) is 4.90 Å². The van der Waals surface area contributed by atoms with Crippen LogP contribution in [0.3, 0.4) is 0 Å². The third kappa shape index (κ3) is 4.16. The molecule has 0 aliphatic heterocycles. The number of aliphatic hydroxyl groups is 1. The summed E-state index contributed by atoms with van der Waals surface area (Å²) in [5.41, 5.74) is 0.150. The van der Waals surface area contributed by atoms with Gasteiger partial charge in [-0.15, -0.1) is 0 Å². The molecule has 1 amide bonds. The van der Waals surface area contributed by atoms with Crippen LogP contribution in [0.5, 0.6) is 0 Å². The van der Waals surface area contributed by atoms with E-state index in [9.17, 15) is 14.9 Å². The van der Waals surface area contributed by atoms with Gasteiger partial charge in [-0.1, -0.05) is 13.0 Å². The van der Waals surface area contributed by atoms with Crippen molar-refractivity contribution < 1.29 is 14.8 Å². The molecular weight excluding hydrogens is 274 g/mol. The number of carbonyl (C=O) groups excluding carboxylic acids is 1. The lowest BCUT2D eigenvalue weighted by Crippen LogP contribution is -2.34. The summed E-state index contributed by atoms with van der Waals surface area (Å²) in [6, 6.07) is 4.64. The van der Waals surface area contributed by atoms with Gasteiger partial charge in [-0.2, -0.15) is 0 Å². The van der Waals surface area contributed by atoms with Crippen LogP contribution < -0.4 is 5.32 Å². The van der Waals surface area contributed by atoms with Crippen LogP contribution in [0.4, 0.5) is 11.4 Å². The quantitative estimate of drug-likeness (QED) is 0.564. The summed E-state index contributed by atoms with van der Waals surface area (Å²) in [5.74, 6) is -0.433. The summed E-state index contributed by atoms with van der Waals surface area (Å²) in [4.78, 5) is 24.7. The van der Waals surface area contributed by atoms with Crippen molar-refractivity contribution in [3.8, 4) is 0 Å². The maximum atomic E-state index is 12.5. The number of amides is 1. The molecule has 0 radical (unpaired) electrons. The van der Waals surface area contributed by atoms with E-state index >= 15 is 0 Å². The minimum Gasteiger partial charge on any atom is -0.395 e. The minimum absolute atomic E-state index is 0.0420. The van der Waals surface area contributed by atoms with Gasteiger partial charge in [0, 0.05) is 19.6 Å². The molecule has 2 N–H and O–H groups in total. The van der Waals surface area contributed by atoms with Crippen LogP contribution in [0.1, 0.15) is 30.6 Å². The molecule has 7 heteroatoms. The topological polar surface area (TPSA) is 95.7 Å². The Hall–Kier alpha value is -2.15. The first kappa shape index (κ1) is 16.9. The largest absolute Gasteiger partial charge is 0.395 e. The van der Waals surface area contributed by atoms with Crippen molar-refractivity contribution >= 4 is 17.3 Å². The Kier molecular flexibility index (Phi) is 6.61. The Morgan fingerprint density at radius 3 is 2.62 bits per heavy atom. The highest BCUT2D eigenvalue weighted by Crippen LogP contribution is 2.29. The number of anilines is 1. The molecular formula is C14H21N3O4. The third-order valence-electron chi connectivity index (χ3n) is 2.97. The molecule has 0 aliphatic rings. The molecule has 21 heavy (non-hydrogen) atoms. The number of rotatable bonds is 8. The van der Waals surface area contributed by atoms with Gasteiger partial charge in [0.1, 0.15) is 11.3 Å². The smallest absolute Gasteiger partial charge is 0.305 e. The van der Waals surface area contributed by atoms with Gasteiger partial charge in [0.15, 0.2) is 0 Å². The number of para-hydroxylation sites is 1. The Morgan fingerprint density at radius 2 is 2.10 bits per heavy atom. The van der Waals surface area contributed by atoms with E-state index < -0.39 is 10.8 Å². The predicted octanol–water partition coefficient (Wildman–Crippen LogP) is 1.87. The van der Waals surface area contributed by atoms with E-state index in [-0.39, 0.29) is 24.4 Å². The molecule has 0 spiro atoms. The zero-order chi connectivity index (χ0) is 15.8. The van der Waals surface area contributed by atoms with E-state index in [1.807, 2.05) is 13.8 Å². The molecule has 0 aliphatic carbocycles. The summed E-state index contributed by atoms with van der Waals surface area (Å²) in [6.07, 6.45) is 0.715. The number of hydrogen-bond donors (Lipinski definition) is 2. The SMILES string of the molecule is CCCN(CCO)C(=O)c1cccc(NCC)c1[N+](=O)[O-]. The van der Waals surface area contributed by atoms with Gasteiger partial charge in [0.2, 0.25) is 0 Å². The number of nitrogens with zero attached hydrogens (tertiary/aromatic N) is 2. The minimum atomic E-state index is -0.547. The van der Waals surface area contributed by atoms with Crippen molar-refractivity contribution in [1.29, 1.82) is 0 Å². The molecule has 0 aromatic heterocycles. The molecule has 0 fully saturated rings. The van der Waals surface area contributed by atoms with Crippen LogP contribution in [-0.2, 0) is 0 Å². The van der Waals surface area contributed by atoms with Gasteiger partial charge >= 0.3 is 5.69 Å². The molecule has 1 aromatic carbocycles. The first-order chi connectivity index (χ1) is 10.1. The number of aliphatic hydroxyl groups excluding tert-OH is 1. The molecule has 0 bridgehead atoms. The van der Waals surface area contributed by atoms with Crippen LogP contribution in [0.15, 0.2) is 18.2 Å². The van der Waals surface area contributed by atoms with Crippen molar-refractivity contribution in [3.05, 3.63) is 33.9 Å². The van der Waals surface area contributed by atoms with E-state index in [2.05, 4.69) is 5.32 Å². The van der Waals surface area contributed by atoms with Crippen molar-refractivity contribution in [2.24, 2.45) is 0 Å². The van der Waals surface area contributed by atoms with E-state index in [0.29, 0.717) is 25.2 Å². The van der Waals surface area contributed by atoms with Gasteiger partial charge in [-0.05, 0) is 25.5 Å². The summed E-state index contributed by atoms with van der Waals surface area (Å²) >= 11 is 0. The fraction of sp³-hybridized carbons (Fsp3) is 0.500. The molecule has 0 saturated carbocycles. The fourth-order valence-electron chi connectivity index (χ4n) is 2.12. The van der Waals surface area contributed by atoms with Crippen LogP contribution in [0.25, 0.3) is 0 Å². The highest BCUT2D eigenvalue weighted by atomic mass is 16.6. The number of nitrogens with one attached hydrogen (secondary N) is 1. The first-order valence-corrected chi connectivity index (χ1v) is 6.98. The van der Waals surface area contributed by atoms with Crippen LogP contribution in [0, 0.1) is 10.1 Å². The Morgan fingerprint density at radius 1 is 1.38 bits per heavy atom. The highest BCUT2D eigenvalue weighted by Gasteiger charge is 2.27. The molecule has 1 aromatic rings. The third-order valence-corrected chi connectivity index (χ3v) is 2.97. The molecule has 7 nitrogen and oxygen atoms in total. The number of benzene rings is 1. The van der Waals surface area contributed by atoms with Gasteiger partial charge < -0.3 is 15.3 Å². The Balaban J connectivity index is 3.24. The van der Waals surface area contributed by atoms with Crippen molar-refractivity contribution in [2.75, 3.05) is 31.6 Å². The first-order valence-electron chi connectivity index (χ1n) is 6.98. The maximum Gasteiger partial charge on any atom is 0.305 e. The summed E-state index contributed by atoms with van der Waals surface area (Å²) < 4.78 is 0. The van der Waals surface area contributed by atoms with Crippen LogP contribution in [-0.4, -0.2) is 47.1 Å². The van der Waals surface area contributed by atoms with Crippen LogP contribution >= 0.6 is 0 Å². The van der Waals surface area contributed by atoms with Gasteiger partial charge in [-0.3, -0.25) is 14.9 Å². The number of carbonyl (C=O) groups is 1. The molecule has 0 atom stereocenters.